The molecule has 30 heavy (non-hydrogen) atoms. The SMILES string of the molecule is CN=C(NCc1ccc(Cn2ccnc2)cc1)N(C)CCOc1ccc(Cl)cc1.I. The number of imidazole rings is 1. The van der Waals surface area contributed by atoms with Crippen LogP contribution in [-0.4, -0.2) is 47.7 Å². The van der Waals surface area contributed by atoms with Crippen molar-refractivity contribution in [1.29, 1.82) is 0 Å². The van der Waals surface area contributed by atoms with Crippen LogP contribution in [0.25, 0.3) is 0 Å². The summed E-state index contributed by atoms with van der Waals surface area (Å²) in [5, 5.41) is 4.10. The van der Waals surface area contributed by atoms with E-state index in [1.165, 1.54) is 11.1 Å². The molecule has 1 N–H and O–H groups in total. The third-order valence-electron chi connectivity index (χ3n) is 4.48. The highest BCUT2D eigenvalue weighted by molar-refractivity contribution is 14.0. The number of hydrogen-bond donors (Lipinski definition) is 1. The number of aliphatic imine (C=N–C) groups is 1. The van der Waals surface area contributed by atoms with Gasteiger partial charge in [-0.05, 0) is 35.4 Å². The van der Waals surface area contributed by atoms with Crippen LogP contribution in [0.15, 0.2) is 72.2 Å². The first kappa shape index (κ1) is 24.0. The molecular formula is C22H27ClIN5O. The number of hydrogen-bond acceptors (Lipinski definition) is 3. The summed E-state index contributed by atoms with van der Waals surface area (Å²) in [5.74, 6) is 1.63. The third-order valence-corrected chi connectivity index (χ3v) is 4.73. The molecule has 0 saturated heterocycles. The molecule has 0 radical (unpaired) electrons. The summed E-state index contributed by atoms with van der Waals surface area (Å²) in [6.45, 7) is 2.81. The average molecular weight is 540 g/mol. The van der Waals surface area contributed by atoms with E-state index in [1.807, 2.05) is 48.7 Å². The fourth-order valence-corrected chi connectivity index (χ4v) is 2.98. The van der Waals surface area contributed by atoms with Gasteiger partial charge in [0.2, 0.25) is 0 Å². The van der Waals surface area contributed by atoms with E-state index in [4.69, 9.17) is 16.3 Å². The minimum absolute atomic E-state index is 0. The highest BCUT2D eigenvalue weighted by Gasteiger charge is 2.06. The second kappa shape index (κ2) is 12.4. The van der Waals surface area contributed by atoms with Crippen molar-refractivity contribution < 1.29 is 4.74 Å². The summed E-state index contributed by atoms with van der Waals surface area (Å²) in [7, 11) is 3.78. The molecule has 0 atom stereocenters. The molecule has 0 fully saturated rings. The molecule has 0 unspecified atom stereocenters. The van der Waals surface area contributed by atoms with Gasteiger partial charge in [0, 0.05) is 44.6 Å². The van der Waals surface area contributed by atoms with Crippen molar-refractivity contribution in [3.8, 4) is 5.75 Å². The van der Waals surface area contributed by atoms with Crippen LogP contribution in [0.3, 0.4) is 0 Å². The van der Waals surface area contributed by atoms with Crippen LogP contribution in [0.2, 0.25) is 5.02 Å². The standard InChI is InChI=1S/C22H26ClN5O.HI/c1-24-22(27(2)13-14-29-21-9-7-20(23)8-10-21)26-15-18-3-5-19(6-4-18)16-28-12-11-25-17-28;/h3-12,17H,13-16H2,1-2H3,(H,24,26);1H. The average Bonchev–Trinajstić information content (AvgIpc) is 3.24. The van der Waals surface area contributed by atoms with Crippen molar-refractivity contribution in [2.24, 2.45) is 4.99 Å². The highest BCUT2D eigenvalue weighted by Crippen LogP contribution is 2.15. The third kappa shape index (κ3) is 7.53. The zero-order chi connectivity index (χ0) is 20.5. The lowest BCUT2D eigenvalue weighted by Gasteiger charge is -2.22. The number of nitrogens with one attached hydrogen (secondary N) is 1. The van der Waals surface area contributed by atoms with Crippen molar-refractivity contribution in [3.05, 3.63) is 83.4 Å². The Bertz CT molecular complexity index is 898. The molecule has 0 amide bonds. The van der Waals surface area contributed by atoms with Gasteiger partial charge in [-0.3, -0.25) is 4.99 Å². The van der Waals surface area contributed by atoms with Gasteiger partial charge in [-0.2, -0.15) is 0 Å². The molecular weight excluding hydrogens is 513 g/mol. The number of benzene rings is 2. The first-order valence-corrected chi connectivity index (χ1v) is 9.85. The molecule has 3 aromatic rings. The van der Waals surface area contributed by atoms with E-state index in [2.05, 4.69) is 44.1 Å². The summed E-state index contributed by atoms with van der Waals surface area (Å²) in [6.07, 6.45) is 5.58. The first-order chi connectivity index (χ1) is 14.1. The molecule has 1 aromatic heterocycles. The number of rotatable bonds is 8. The first-order valence-electron chi connectivity index (χ1n) is 9.48. The van der Waals surface area contributed by atoms with E-state index in [-0.39, 0.29) is 24.0 Å². The Morgan fingerprint density at radius 1 is 1.13 bits per heavy atom. The van der Waals surface area contributed by atoms with E-state index in [0.29, 0.717) is 24.7 Å². The molecule has 6 nitrogen and oxygen atoms in total. The van der Waals surface area contributed by atoms with Gasteiger partial charge in [-0.1, -0.05) is 35.9 Å². The molecule has 0 aliphatic carbocycles. The van der Waals surface area contributed by atoms with Crippen LogP contribution >= 0.6 is 35.6 Å². The fraction of sp³-hybridized carbons (Fsp3) is 0.273. The summed E-state index contributed by atoms with van der Waals surface area (Å²) in [6, 6.07) is 15.9. The molecule has 8 heteroatoms. The minimum atomic E-state index is 0. The van der Waals surface area contributed by atoms with Crippen molar-refractivity contribution in [1.82, 2.24) is 19.8 Å². The zero-order valence-corrected chi connectivity index (χ0v) is 20.2. The lowest BCUT2D eigenvalue weighted by molar-refractivity contribution is 0.281. The molecule has 0 aliphatic rings. The maximum atomic E-state index is 5.89. The van der Waals surface area contributed by atoms with Crippen LogP contribution < -0.4 is 10.1 Å². The van der Waals surface area contributed by atoms with E-state index in [9.17, 15) is 0 Å². The van der Waals surface area contributed by atoms with Crippen LogP contribution in [0.1, 0.15) is 11.1 Å². The topological polar surface area (TPSA) is 54.7 Å². The molecule has 0 aliphatic heterocycles. The van der Waals surface area contributed by atoms with Crippen molar-refractivity contribution >= 4 is 41.5 Å². The quantitative estimate of drug-likeness (QED) is 0.264. The van der Waals surface area contributed by atoms with Gasteiger partial charge in [-0.15, -0.1) is 24.0 Å². The predicted octanol–water partition coefficient (Wildman–Crippen LogP) is 4.29. The van der Waals surface area contributed by atoms with Crippen molar-refractivity contribution in [3.63, 3.8) is 0 Å². The molecule has 160 valence electrons. The maximum Gasteiger partial charge on any atom is 0.193 e. The number of aromatic nitrogens is 2. The zero-order valence-electron chi connectivity index (χ0n) is 17.2. The number of guanidine groups is 1. The Morgan fingerprint density at radius 3 is 2.47 bits per heavy atom. The minimum Gasteiger partial charge on any atom is -0.492 e. The Hall–Kier alpha value is -2.26. The van der Waals surface area contributed by atoms with Gasteiger partial charge in [0.15, 0.2) is 5.96 Å². The number of nitrogens with zero attached hydrogens (tertiary/aromatic N) is 4. The van der Waals surface area contributed by atoms with Gasteiger partial charge in [0.25, 0.3) is 0 Å². The number of ether oxygens (including phenoxy) is 1. The van der Waals surface area contributed by atoms with Crippen LogP contribution in [0.5, 0.6) is 5.75 Å². The maximum absolute atomic E-state index is 5.89. The number of halogens is 2. The number of likely N-dealkylation sites (N-methyl/N-ethyl adjacent to an activating group) is 1. The van der Waals surface area contributed by atoms with Crippen LogP contribution in [0.4, 0.5) is 0 Å². The fourth-order valence-electron chi connectivity index (χ4n) is 2.86. The van der Waals surface area contributed by atoms with Gasteiger partial charge >= 0.3 is 0 Å². The second-order valence-corrected chi connectivity index (χ2v) is 7.11. The van der Waals surface area contributed by atoms with Crippen LogP contribution in [0, 0.1) is 0 Å². The Kier molecular flexibility index (Phi) is 9.96. The van der Waals surface area contributed by atoms with Gasteiger partial charge < -0.3 is 19.5 Å². The summed E-state index contributed by atoms with van der Waals surface area (Å²) >= 11 is 5.89. The van der Waals surface area contributed by atoms with Gasteiger partial charge in [0.05, 0.1) is 12.9 Å². The van der Waals surface area contributed by atoms with Gasteiger partial charge in [0.1, 0.15) is 12.4 Å². The van der Waals surface area contributed by atoms with E-state index in [1.54, 1.807) is 13.2 Å². The molecule has 1 heterocycles. The largest absolute Gasteiger partial charge is 0.492 e. The lowest BCUT2D eigenvalue weighted by Crippen LogP contribution is -2.40. The smallest absolute Gasteiger partial charge is 0.193 e. The summed E-state index contributed by atoms with van der Waals surface area (Å²) < 4.78 is 7.81. The summed E-state index contributed by atoms with van der Waals surface area (Å²) in [5.41, 5.74) is 2.44. The summed E-state index contributed by atoms with van der Waals surface area (Å²) in [4.78, 5) is 10.5. The van der Waals surface area contributed by atoms with Gasteiger partial charge in [-0.25, -0.2) is 4.98 Å². The molecule has 0 spiro atoms. The Labute approximate surface area is 200 Å². The molecule has 0 saturated carbocycles. The normalized spacial score (nSPS) is 11.0. The Balaban J connectivity index is 0.00000320. The van der Waals surface area contributed by atoms with E-state index >= 15 is 0 Å². The molecule has 2 aromatic carbocycles. The molecule has 0 bridgehead atoms. The van der Waals surface area contributed by atoms with Crippen LogP contribution in [-0.2, 0) is 13.1 Å². The monoisotopic (exact) mass is 539 g/mol. The predicted molar refractivity (Wildman–Crippen MR) is 133 cm³/mol. The lowest BCUT2D eigenvalue weighted by atomic mass is 10.1. The van der Waals surface area contributed by atoms with E-state index < -0.39 is 0 Å². The Morgan fingerprint density at radius 2 is 1.83 bits per heavy atom. The molecule has 3 rings (SSSR count). The van der Waals surface area contributed by atoms with Crippen molar-refractivity contribution in [2.45, 2.75) is 13.1 Å². The second-order valence-electron chi connectivity index (χ2n) is 6.68. The van der Waals surface area contributed by atoms with E-state index in [0.717, 1.165) is 18.3 Å². The van der Waals surface area contributed by atoms with Crippen molar-refractivity contribution in [2.75, 3.05) is 27.2 Å². The highest BCUT2D eigenvalue weighted by atomic mass is 127.